The van der Waals surface area contributed by atoms with Crippen LogP contribution in [0.5, 0.6) is 5.75 Å². The fraction of sp³-hybridized carbons (Fsp3) is 0.667. The summed E-state index contributed by atoms with van der Waals surface area (Å²) in [6, 6.07) is 9.00. The van der Waals surface area contributed by atoms with Gasteiger partial charge in [-0.15, -0.1) is 0 Å². The smallest absolute Gasteiger partial charge is 0.404 e. The number of para-hydroxylation sites is 1. The number of hydrogen-bond donors (Lipinski definition) is 4. The number of rotatable bonds is 2. The van der Waals surface area contributed by atoms with Crippen LogP contribution in [0.4, 0.5) is 0 Å². The minimum Gasteiger partial charge on any atom is -0.404 e. The Morgan fingerprint density at radius 3 is 1.48 bits per heavy atom. The van der Waals surface area contributed by atoms with Crippen molar-refractivity contribution in [2.75, 3.05) is 0 Å². The number of phosphoric acid groups is 1. The molecule has 0 heterocycles. The zero-order valence-electron chi connectivity index (χ0n) is 14.9. The molecule has 144 valence electrons. The molecule has 2 fully saturated rings. The van der Waals surface area contributed by atoms with Crippen molar-refractivity contribution in [1.29, 1.82) is 0 Å². The van der Waals surface area contributed by atoms with E-state index in [4.69, 9.17) is 21.3 Å². The van der Waals surface area contributed by atoms with E-state index in [1.807, 2.05) is 0 Å². The molecule has 2 aliphatic carbocycles. The van der Waals surface area contributed by atoms with Gasteiger partial charge in [0.05, 0.1) is 0 Å². The average molecular weight is 374 g/mol. The van der Waals surface area contributed by atoms with Gasteiger partial charge in [-0.1, -0.05) is 56.7 Å². The molecule has 0 saturated heterocycles. The molecular formula is C18H33N2O4P. The molecule has 0 radical (unpaired) electrons. The van der Waals surface area contributed by atoms with E-state index in [2.05, 4.69) is 4.52 Å². The molecule has 7 heteroatoms. The van der Waals surface area contributed by atoms with Crippen LogP contribution in [0.25, 0.3) is 0 Å². The zero-order valence-corrected chi connectivity index (χ0v) is 15.8. The van der Waals surface area contributed by atoms with Gasteiger partial charge in [-0.2, -0.15) is 0 Å². The van der Waals surface area contributed by atoms with Gasteiger partial charge in [0.25, 0.3) is 0 Å². The van der Waals surface area contributed by atoms with Crippen LogP contribution in [0.1, 0.15) is 64.2 Å². The predicted octanol–water partition coefficient (Wildman–Crippen LogP) is 3.71. The van der Waals surface area contributed by atoms with Crippen LogP contribution in [0.2, 0.25) is 0 Å². The van der Waals surface area contributed by atoms with Crippen molar-refractivity contribution in [3.63, 3.8) is 0 Å². The maximum atomic E-state index is 10.3. The highest BCUT2D eigenvalue weighted by Crippen LogP contribution is 2.36. The first-order chi connectivity index (χ1) is 11.9. The Morgan fingerprint density at radius 1 is 0.800 bits per heavy atom. The van der Waals surface area contributed by atoms with Gasteiger partial charge in [0.2, 0.25) is 0 Å². The zero-order chi connectivity index (χ0) is 18.5. The van der Waals surface area contributed by atoms with Crippen LogP contribution in [0.15, 0.2) is 30.3 Å². The third kappa shape index (κ3) is 13.0. The van der Waals surface area contributed by atoms with Gasteiger partial charge in [-0.05, 0) is 37.8 Å². The summed E-state index contributed by atoms with van der Waals surface area (Å²) in [4.78, 5) is 16.7. The molecule has 25 heavy (non-hydrogen) atoms. The summed E-state index contributed by atoms with van der Waals surface area (Å²) in [5.41, 5.74) is 11.3. The van der Waals surface area contributed by atoms with E-state index < -0.39 is 7.82 Å². The minimum atomic E-state index is -4.39. The first-order valence-electron chi connectivity index (χ1n) is 9.18. The summed E-state index contributed by atoms with van der Waals surface area (Å²) >= 11 is 0. The second kappa shape index (κ2) is 12.4. The maximum Gasteiger partial charge on any atom is 0.524 e. The molecular weight excluding hydrogens is 341 g/mol. The average Bonchev–Trinajstić information content (AvgIpc) is 2.57. The fourth-order valence-corrected chi connectivity index (χ4v) is 3.28. The molecule has 2 saturated carbocycles. The second-order valence-electron chi connectivity index (χ2n) is 6.69. The number of benzene rings is 1. The fourth-order valence-electron chi connectivity index (χ4n) is 2.89. The highest BCUT2D eigenvalue weighted by Gasteiger charge is 2.14. The van der Waals surface area contributed by atoms with Gasteiger partial charge in [-0.25, -0.2) is 4.57 Å². The molecule has 1 aromatic carbocycles. The maximum absolute atomic E-state index is 10.3. The second-order valence-corrected chi connectivity index (χ2v) is 7.85. The minimum absolute atomic E-state index is 0.167. The highest BCUT2D eigenvalue weighted by atomic mass is 31.2. The van der Waals surface area contributed by atoms with Crippen molar-refractivity contribution in [2.45, 2.75) is 76.3 Å². The summed E-state index contributed by atoms with van der Waals surface area (Å²) < 4.78 is 14.5. The lowest BCUT2D eigenvalue weighted by Crippen LogP contribution is -2.22. The van der Waals surface area contributed by atoms with Gasteiger partial charge in [0, 0.05) is 12.1 Å². The van der Waals surface area contributed by atoms with Crippen LogP contribution in [0, 0.1) is 0 Å². The van der Waals surface area contributed by atoms with Crippen LogP contribution < -0.4 is 16.0 Å². The largest absolute Gasteiger partial charge is 0.524 e. The highest BCUT2D eigenvalue weighted by molar-refractivity contribution is 7.46. The van der Waals surface area contributed by atoms with Gasteiger partial charge in [0.15, 0.2) is 0 Å². The molecule has 6 N–H and O–H groups in total. The standard InChI is InChI=1S/2C6H13N.C6H7O4P/c2*7-6-4-2-1-3-5-6;7-11(8,9)10-6-4-2-1-3-5-6/h2*6H,1-5,7H2;1-5H,(H2,7,8,9)/i;;10+2. The van der Waals surface area contributed by atoms with E-state index in [0.717, 1.165) is 0 Å². The number of hydrogen-bond acceptors (Lipinski definition) is 4. The molecule has 2 aliphatic rings. The Balaban J connectivity index is 0.000000195. The molecule has 0 unspecified atom stereocenters. The molecule has 0 amide bonds. The van der Waals surface area contributed by atoms with Gasteiger partial charge >= 0.3 is 7.82 Å². The summed E-state index contributed by atoms with van der Waals surface area (Å²) in [5.74, 6) is 0.167. The summed E-state index contributed by atoms with van der Waals surface area (Å²) in [5, 5.41) is 0. The van der Waals surface area contributed by atoms with Crippen molar-refractivity contribution in [1.82, 2.24) is 0 Å². The van der Waals surface area contributed by atoms with E-state index in [0.29, 0.717) is 12.1 Å². The van der Waals surface area contributed by atoms with E-state index >= 15 is 0 Å². The molecule has 0 aromatic heterocycles. The van der Waals surface area contributed by atoms with Crippen LogP contribution in [-0.4, -0.2) is 21.9 Å². The van der Waals surface area contributed by atoms with Gasteiger partial charge in [-0.3, -0.25) is 9.79 Å². The predicted molar refractivity (Wildman–Crippen MR) is 101 cm³/mol. The molecule has 0 bridgehead atoms. The van der Waals surface area contributed by atoms with Crippen molar-refractivity contribution in [2.24, 2.45) is 11.5 Å². The van der Waals surface area contributed by atoms with Crippen LogP contribution in [0.3, 0.4) is 0 Å². The summed E-state index contributed by atoms with van der Waals surface area (Å²) in [7, 11) is -4.39. The monoisotopic (exact) mass is 374 g/mol. The molecule has 0 aliphatic heterocycles. The number of phosphoric ester groups is 1. The van der Waals surface area contributed by atoms with E-state index in [1.165, 1.54) is 76.3 Å². The SMILES string of the molecule is NC1CCCCC1.NC1CCCCC1.O=P(O)(O)[18O]c1ccccc1. The molecule has 1 aromatic rings. The van der Waals surface area contributed by atoms with E-state index in [-0.39, 0.29) is 5.75 Å². The van der Waals surface area contributed by atoms with Gasteiger partial charge < -0.3 is 16.0 Å². The molecule has 0 atom stereocenters. The number of nitrogens with two attached hydrogens (primary N) is 2. The first-order valence-corrected chi connectivity index (χ1v) is 10.7. The van der Waals surface area contributed by atoms with Crippen molar-refractivity contribution < 1.29 is 18.9 Å². The third-order valence-corrected chi connectivity index (χ3v) is 4.72. The van der Waals surface area contributed by atoms with Gasteiger partial charge in [0.1, 0.15) is 5.75 Å². The lowest BCUT2D eigenvalue weighted by atomic mass is 9.97. The third-order valence-electron chi connectivity index (χ3n) is 4.27. The Bertz CT molecular complexity index is 467. The van der Waals surface area contributed by atoms with Crippen molar-refractivity contribution >= 4 is 7.82 Å². The molecule has 6 nitrogen and oxygen atoms in total. The normalized spacial score (nSPS) is 19.0. The lowest BCUT2D eigenvalue weighted by molar-refractivity contribution is 0.283. The van der Waals surface area contributed by atoms with E-state index in [1.54, 1.807) is 18.2 Å². The Morgan fingerprint density at radius 2 is 1.20 bits per heavy atom. The topological polar surface area (TPSA) is 119 Å². The quantitative estimate of drug-likeness (QED) is 0.463. The Hall–Kier alpha value is -0.910. The summed E-state index contributed by atoms with van der Waals surface area (Å²) in [6.45, 7) is 0. The van der Waals surface area contributed by atoms with Crippen molar-refractivity contribution in [3.8, 4) is 5.75 Å². The Labute approximate surface area is 151 Å². The molecule has 0 spiro atoms. The van der Waals surface area contributed by atoms with Crippen LogP contribution in [-0.2, 0) is 4.57 Å². The van der Waals surface area contributed by atoms with Crippen LogP contribution >= 0.6 is 7.82 Å². The Kier molecular flexibility index (Phi) is 11.0. The van der Waals surface area contributed by atoms with E-state index in [9.17, 15) is 4.57 Å². The lowest BCUT2D eigenvalue weighted by Gasteiger charge is -2.15. The summed E-state index contributed by atoms with van der Waals surface area (Å²) in [6.07, 6.45) is 13.3. The molecule has 3 rings (SSSR count). The van der Waals surface area contributed by atoms with Crippen molar-refractivity contribution in [3.05, 3.63) is 30.3 Å². The first kappa shape index (κ1) is 22.1.